The molecule has 176 valence electrons. The van der Waals surface area contributed by atoms with Crippen molar-refractivity contribution in [1.82, 2.24) is 9.55 Å². The Morgan fingerprint density at radius 1 is 0.722 bits per heavy atom. The molecule has 0 amide bonds. The van der Waals surface area contributed by atoms with Gasteiger partial charge in [-0.05, 0) is 68.1 Å². The molecule has 6 rings (SSSR count). The van der Waals surface area contributed by atoms with Gasteiger partial charge in [-0.15, -0.1) is 0 Å². The second-order valence-corrected chi connectivity index (χ2v) is 9.65. The average molecular weight is 469 g/mol. The number of nitrogens with zero attached hydrogens (tertiary/aromatic N) is 3. The van der Waals surface area contributed by atoms with Crippen LogP contribution in [0.3, 0.4) is 0 Å². The highest BCUT2D eigenvalue weighted by molar-refractivity contribution is 6.84. The smallest absolute Gasteiger partial charge is 0.430 e. The number of aryl methyl sites for hydroxylation is 4. The zero-order valence-corrected chi connectivity index (χ0v) is 21.1. The van der Waals surface area contributed by atoms with Gasteiger partial charge in [-0.1, -0.05) is 65.2 Å². The molecule has 1 aliphatic rings. The SMILES string of the molecule is Cc1ccc(N2c3ccc(C)cc3B(Oc3ccccc3-c3nccn3C)c3cc(C)ccc32)cc1. The Bertz CT molecular complexity index is 1520. The summed E-state index contributed by atoms with van der Waals surface area (Å²) in [5.41, 5.74) is 10.4. The van der Waals surface area contributed by atoms with Crippen molar-refractivity contribution >= 4 is 34.9 Å². The minimum absolute atomic E-state index is 0.252. The lowest BCUT2D eigenvalue weighted by atomic mass is 9.52. The van der Waals surface area contributed by atoms with Crippen LogP contribution in [-0.2, 0) is 7.05 Å². The quantitative estimate of drug-likeness (QED) is 0.304. The Kier molecular flexibility index (Phi) is 5.41. The van der Waals surface area contributed by atoms with E-state index in [9.17, 15) is 0 Å². The number of para-hydroxylation sites is 1. The van der Waals surface area contributed by atoms with Crippen LogP contribution in [0.15, 0.2) is 97.3 Å². The van der Waals surface area contributed by atoms with E-state index in [1.807, 2.05) is 42.2 Å². The first-order chi connectivity index (χ1) is 17.5. The standard InChI is InChI=1S/C31H28BN3O/c1-21-9-13-24(14-10-21)35-28-15-11-22(2)19-26(28)32(27-20-23(3)12-16-29(27)35)36-30-8-6-5-7-25(30)31-33-17-18-34(31)4/h5-20H,1-4H3. The average Bonchev–Trinajstić information content (AvgIpc) is 3.31. The van der Waals surface area contributed by atoms with Crippen LogP contribution in [0.2, 0.25) is 0 Å². The minimum atomic E-state index is -0.252. The van der Waals surface area contributed by atoms with Gasteiger partial charge in [-0.25, -0.2) is 4.98 Å². The highest BCUT2D eigenvalue weighted by Gasteiger charge is 2.38. The summed E-state index contributed by atoms with van der Waals surface area (Å²) in [7, 11) is 2.01. The van der Waals surface area contributed by atoms with Crippen molar-refractivity contribution < 1.29 is 4.65 Å². The molecule has 0 aliphatic carbocycles. The van der Waals surface area contributed by atoms with Gasteiger partial charge in [0.1, 0.15) is 11.6 Å². The largest absolute Gasteiger partial charge is 0.551 e. The van der Waals surface area contributed by atoms with Crippen molar-refractivity contribution in [3.63, 3.8) is 0 Å². The molecule has 4 nitrogen and oxygen atoms in total. The number of hydrogen-bond acceptors (Lipinski definition) is 3. The molecule has 0 atom stereocenters. The van der Waals surface area contributed by atoms with Crippen LogP contribution in [0.25, 0.3) is 11.4 Å². The number of anilines is 3. The molecule has 1 aromatic heterocycles. The Balaban J connectivity index is 1.55. The van der Waals surface area contributed by atoms with Gasteiger partial charge in [0.05, 0.1) is 5.56 Å². The number of aromatic nitrogens is 2. The van der Waals surface area contributed by atoms with Crippen LogP contribution < -0.4 is 20.5 Å². The van der Waals surface area contributed by atoms with Gasteiger partial charge in [0.2, 0.25) is 0 Å². The summed E-state index contributed by atoms with van der Waals surface area (Å²) in [4.78, 5) is 6.94. The van der Waals surface area contributed by atoms with Crippen molar-refractivity contribution in [2.75, 3.05) is 4.90 Å². The van der Waals surface area contributed by atoms with E-state index in [1.54, 1.807) is 0 Å². The molecule has 0 bridgehead atoms. The van der Waals surface area contributed by atoms with E-state index in [-0.39, 0.29) is 6.92 Å². The molecule has 0 saturated carbocycles. The third-order valence-electron chi connectivity index (χ3n) is 6.90. The Hall–Kier alpha value is -4.25. The number of hydrogen-bond donors (Lipinski definition) is 0. The third-order valence-corrected chi connectivity index (χ3v) is 6.90. The van der Waals surface area contributed by atoms with Crippen LogP contribution in [0.4, 0.5) is 17.1 Å². The van der Waals surface area contributed by atoms with E-state index in [2.05, 4.69) is 97.4 Å². The van der Waals surface area contributed by atoms with Gasteiger partial charge in [0.15, 0.2) is 0 Å². The highest BCUT2D eigenvalue weighted by Crippen LogP contribution is 2.37. The van der Waals surface area contributed by atoms with Crippen molar-refractivity contribution in [3.8, 4) is 17.1 Å². The van der Waals surface area contributed by atoms with E-state index in [0.29, 0.717) is 0 Å². The van der Waals surface area contributed by atoms with Crippen molar-refractivity contribution in [1.29, 1.82) is 0 Å². The zero-order chi connectivity index (χ0) is 24.8. The summed E-state index contributed by atoms with van der Waals surface area (Å²) in [5.74, 6) is 1.71. The molecular formula is C31H28BN3O. The highest BCUT2D eigenvalue weighted by atomic mass is 16.4. The second kappa shape index (κ2) is 8.76. The molecule has 5 heteroatoms. The first-order valence-electron chi connectivity index (χ1n) is 12.3. The molecule has 1 aliphatic heterocycles. The van der Waals surface area contributed by atoms with E-state index < -0.39 is 0 Å². The molecule has 0 radical (unpaired) electrons. The van der Waals surface area contributed by atoms with E-state index in [0.717, 1.165) is 45.1 Å². The molecule has 0 unspecified atom stereocenters. The van der Waals surface area contributed by atoms with Crippen LogP contribution in [0.1, 0.15) is 16.7 Å². The lowest BCUT2D eigenvalue weighted by Crippen LogP contribution is -2.54. The first kappa shape index (κ1) is 22.2. The molecule has 36 heavy (non-hydrogen) atoms. The van der Waals surface area contributed by atoms with Crippen molar-refractivity contribution in [3.05, 3.63) is 114 Å². The lowest BCUT2D eigenvalue weighted by molar-refractivity contribution is 0.592. The van der Waals surface area contributed by atoms with Crippen LogP contribution >= 0.6 is 0 Å². The molecule has 0 N–H and O–H groups in total. The maximum absolute atomic E-state index is 6.95. The summed E-state index contributed by atoms with van der Waals surface area (Å²) in [6.07, 6.45) is 3.78. The van der Waals surface area contributed by atoms with Gasteiger partial charge in [-0.3, -0.25) is 0 Å². The second-order valence-electron chi connectivity index (χ2n) is 9.65. The maximum Gasteiger partial charge on any atom is 0.430 e. The zero-order valence-electron chi connectivity index (χ0n) is 21.1. The van der Waals surface area contributed by atoms with Gasteiger partial charge in [0.25, 0.3) is 0 Å². The summed E-state index contributed by atoms with van der Waals surface area (Å²) in [5, 5.41) is 0. The third kappa shape index (κ3) is 3.77. The summed E-state index contributed by atoms with van der Waals surface area (Å²) in [6.45, 7) is 6.15. The van der Waals surface area contributed by atoms with Gasteiger partial charge < -0.3 is 14.1 Å². The van der Waals surface area contributed by atoms with Gasteiger partial charge in [-0.2, -0.15) is 0 Å². The van der Waals surface area contributed by atoms with Crippen molar-refractivity contribution in [2.24, 2.45) is 7.05 Å². The number of benzene rings is 4. The molecule has 0 fully saturated rings. The monoisotopic (exact) mass is 469 g/mol. The molecule has 4 aromatic carbocycles. The Labute approximate surface area is 212 Å². The summed E-state index contributed by atoms with van der Waals surface area (Å²) in [6, 6.07) is 30.2. The molecule has 0 spiro atoms. The van der Waals surface area contributed by atoms with Crippen LogP contribution in [-0.4, -0.2) is 16.5 Å². The molecule has 0 saturated heterocycles. The van der Waals surface area contributed by atoms with Crippen LogP contribution in [0.5, 0.6) is 5.75 Å². The van der Waals surface area contributed by atoms with Gasteiger partial charge >= 0.3 is 6.92 Å². The number of rotatable bonds is 4. The lowest BCUT2D eigenvalue weighted by Gasteiger charge is -2.36. The van der Waals surface area contributed by atoms with Crippen molar-refractivity contribution in [2.45, 2.75) is 20.8 Å². The number of fused-ring (bicyclic) bond motifs is 2. The predicted molar refractivity (Wildman–Crippen MR) is 150 cm³/mol. The predicted octanol–water partition coefficient (Wildman–Crippen LogP) is 5.98. The first-order valence-corrected chi connectivity index (χ1v) is 12.3. The summed E-state index contributed by atoms with van der Waals surface area (Å²) >= 11 is 0. The topological polar surface area (TPSA) is 30.3 Å². The molecule has 5 aromatic rings. The number of imidazole rings is 1. The van der Waals surface area contributed by atoms with Crippen LogP contribution in [0, 0.1) is 20.8 Å². The maximum atomic E-state index is 6.95. The molecule has 2 heterocycles. The summed E-state index contributed by atoms with van der Waals surface area (Å²) < 4.78 is 8.98. The van der Waals surface area contributed by atoms with E-state index >= 15 is 0 Å². The minimum Gasteiger partial charge on any atom is -0.551 e. The van der Waals surface area contributed by atoms with E-state index in [1.165, 1.54) is 16.7 Å². The fourth-order valence-electron chi connectivity index (χ4n) is 5.08. The van der Waals surface area contributed by atoms with E-state index in [4.69, 9.17) is 4.65 Å². The Morgan fingerprint density at radius 3 is 1.94 bits per heavy atom. The fourth-order valence-corrected chi connectivity index (χ4v) is 5.08. The molecular weight excluding hydrogens is 441 g/mol. The fraction of sp³-hybridized carbons (Fsp3) is 0.129. The van der Waals surface area contributed by atoms with Gasteiger partial charge in [0, 0.05) is 36.5 Å². The normalized spacial score (nSPS) is 12.3. The Morgan fingerprint density at radius 2 is 1.33 bits per heavy atom.